The van der Waals surface area contributed by atoms with Gasteiger partial charge in [0.1, 0.15) is 47.7 Å². The summed E-state index contributed by atoms with van der Waals surface area (Å²) in [7, 11) is 0. The van der Waals surface area contributed by atoms with Gasteiger partial charge in [0.25, 0.3) is 0 Å². The quantitative estimate of drug-likeness (QED) is 0.0412. The van der Waals surface area contributed by atoms with E-state index in [1.165, 1.54) is 0 Å². The van der Waals surface area contributed by atoms with Gasteiger partial charge in [0.05, 0.1) is 22.3 Å². The first kappa shape index (κ1) is 43.9. The Labute approximate surface area is 349 Å². The second kappa shape index (κ2) is 16.7. The summed E-state index contributed by atoms with van der Waals surface area (Å²) in [6.07, 6.45) is -11.5. The van der Waals surface area contributed by atoms with Gasteiger partial charge in [-0.05, 0) is 54.6 Å². The summed E-state index contributed by atoms with van der Waals surface area (Å²) in [5.41, 5.74) is -4.61. The van der Waals surface area contributed by atoms with Crippen molar-refractivity contribution in [1.82, 2.24) is 0 Å². The molecule has 0 radical (unpaired) electrons. The minimum atomic E-state index is -2.41. The molecule has 1 aliphatic rings. The second-order valence-corrected chi connectivity index (χ2v) is 13.6. The van der Waals surface area contributed by atoms with Crippen molar-refractivity contribution >= 4 is 23.7 Å². The van der Waals surface area contributed by atoms with Crippen molar-refractivity contribution in [3.8, 4) is 80.5 Å². The van der Waals surface area contributed by atoms with Crippen molar-refractivity contribution in [3.63, 3.8) is 0 Å². The summed E-state index contributed by atoms with van der Waals surface area (Å²) < 4.78 is 22.2. The molecule has 5 aromatic carbocycles. The van der Waals surface area contributed by atoms with Crippen molar-refractivity contribution in [2.75, 3.05) is 6.61 Å². The third-order valence-corrected chi connectivity index (χ3v) is 9.49. The lowest BCUT2D eigenvalue weighted by atomic mass is 9.87. The number of benzene rings is 5. The lowest BCUT2D eigenvalue weighted by molar-refractivity contribution is -0.232. The molecule has 5 atom stereocenters. The van der Waals surface area contributed by atoms with Crippen molar-refractivity contribution in [3.05, 3.63) is 94.0 Å². The minimum absolute atomic E-state index is 0.480. The Hall–Kier alpha value is -8.70. The standard InChI is InChI=1S/C40H32O23/c41-16-2-1-12(3-17(16)42)29(51)27-18(43)10-19(44)28(34(27)56)35-37(63-40(59)15-8-24(49)32(54)25(50)9-15)36(62-39(58)14-6-22(47)31(53)23(48)7-14)33(55)26(61-35)11-60-38(57)13-4-20(45)30(52)21(46)5-13/h1-10,26,33,35-37,41-50,52-56H,11H2. The summed E-state index contributed by atoms with van der Waals surface area (Å²) in [4.78, 5) is 54.1. The Morgan fingerprint density at radius 2 is 0.889 bits per heavy atom. The lowest BCUT2D eigenvalue weighted by Crippen LogP contribution is -2.58. The van der Waals surface area contributed by atoms with Gasteiger partial charge in [0.15, 0.2) is 75.5 Å². The number of aliphatic hydroxyl groups excluding tert-OH is 1. The number of hydrogen-bond donors (Lipinski definition) is 15. The number of phenolic OH excluding ortho intramolecular Hbond substituents is 14. The number of aliphatic hydroxyl groups is 1. The van der Waals surface area contributed by atoms with E-state index in [9.17, 15) is 95.8 Å². The average molecular weight is 881 g/mol. The topological polar surface area (TPSA) is 409 Å². The van der Waals surface area contributed by atoms with Crippen molar-refractivity contribution < 1.29 is 115 Å². The highest BCUT2D eigenvalue weighted by atomic mass is 16.6. The van der Waals surface area contributed by atoms with Gasteiger partial charge in [-0.3, -0.25) is 4.79 Å². The van der Waals surface area contributed by atoms with Crippen LogP contribution in [-0.2, 0) is 18.9 Å². The average Bonchev–Trinajstić information content (AvgIpc) is 3.22. The molecule has 0 saturated carbocycles. The van der Waals surface area contributed by atoms with Crippen molar-refractivity contribution in [2.45, 2.75) is 30.5 Å². The zero-order chi connectivity index (χ0) is 46.3. The van der Waals surface area contributed by atoms with E-state index in [0.717, 1.165) is 18.2 Å². The van der Waals surface area contributed by atoms with Gasteiger partial charge in [0, 0.05) is 11.6 Å². The first-order valence-corrected chi connectivity index (χ1v) is 17.6. The molecule has 63 heavy (non-hydrogen) atoms. The minimum Gasteiger partial charge on any atom is -0.507 e. The Kier molecular flexibility index (Phi) is 11.7. The van der Waals surface area contributed by atoms with Crippen LogP contribution in [0, 0.1) is 0 Å². The third kappa shape index (κ3) is 8.39. The van der Waals surface area contributed by atoms with Crippen LogP contribution in [0.15, 0.2) is 60.7 Å². The maximum atomic E-state index is 13.7. The third-order valence-electron chi connectivity index (χ3n) is 9.49. The van der Waals surface area contributed by atoms with Gasteiger partial charge in [-0.15, -0.1) is 0 Å². The molecule has 0 bridgehead atoms. The Morgan fingerprint density at radius 1 is 0.460 bits per heavy atom. The lowest BCUT2D eigenvalue weighted by Gasteiger charge is -2.43. The molecule has 1 heterocycles. The summed E-state index contributed by atoms with van der Waals surface area (Å²) >= 11 is 0. The van der Waals surface area contributed by atoms with Gasteiger partial charge >= 0.3 is 17.9 Å². The SMILES string of the molecule is O=C(OCC1OC(c2c(O)cc(O)c(C(=O)c3ccc(O)c(O)c3)c2O)C(OC(=O)c2cc(O)c(O)c(O)c2)C(OC(=O)c2cc(O)c(O)c(O)c2)C1O)c1cc(O)c(O)c(O)c1. The Bertz CT molecular complexity index is 2620. The maximum absolute atomic E-state index is 13.7. The predicted octanol–water partition coefficient (Wildman–Crippen LogP) is 1.91. The summed E-state index contributed by atoms with van der Waals surface area (Å²) in [5, 5.41) is 155. The monoisotopic (exact) mass is 880 g/mol. The van der Waals surface area contributed by atoms with E-state index in [-0.39, 0.29) is 0 Å². The number of carbonyl (C=O) groups is 4. The van der Waals surface area contributed by atoms with Gasteiger partial charge in [-0.2, -0.15) is 0 Å². The van der Waals surface area contributed by atoms with Gasteiger partial charge < -0.3 is 95.5 Å². The van der Waals surface area contributed by atoms with Crippen LogP contribution in [0.2, 0.25) is 0 Å². The van der Waals surface area contributed by atoms with E-state index in [2.05, 4.69) is 0 Å². The second-order valence-electron chi connectivity index (χ2n) is 13.6. The van der Waals surface area contributed by atoms with E-state index >= 15 is 0 Å². The zero-order valence-corrected chi connectivity index (χ0v) is 31.3. The number of esters is 3. The number of hydrogen-bond acceptors (Lipinski definition) is 23. The molecule has 6 rings (SSSR count). The molecule has 0 aromatic heterocycles. The van der Waals surface area contributed by atoms with E-state index < -0.39 is 175 Å². The molecular formula is C40H32O23. The van der Waals surface area contributed by atoms with E-state index in [0.29, 0.717) is 42.5 Å². The molecule has 23 nitrogen and oxygen atoms in total. The van der Waals surface area contributed by atoms with Crippen LogP contribution >= 0.6 is 0 Å². The van der Waals surface area contributed by atoms with Crippen LogP contribution in [0.3, 0.4) is 0 Å². The maximum Gasteiger partial charge on any atom is 0.338 e. The molecule has 1 fully saturated rings. The molecule has 1 saturated heterocycles. The van der Waals surface area contributed by atoms with E-state index in [1.54, 1.807) is 0 Å². The smallest absolute Gasteiger partial charge is 0.338 e. The molecule has 330 valence electrons. The largest absolute Gasteiger partial charge is 0.507 e. The highest BCUT2D eigenvalue weighted by Gasteiger charge is 2.53. The molecule has 15 N–H and O–H groups in total. The molecular weight excluding hydrogens is 848 g/mol. The van der Waals surface area contributed by atoms with Gasteiger partial charge in [0.2, 0.25) is 5.78 Å². The Morgan fingerprint density at radius 3 is 1.35 bits per heavy atom. The molecule has 0 amide bonds. The van der Waals surface area contributed by atoms with Crippen LogP contribution in [0.4, 0.5) is 0 Å². The molecule has 0 aliphatic carbocycles. The fraction of sp³-hybridized carbons (Fsp3) is 0.150. The van der Waals surface area contributed by atoms with Crippen LogP contribution in [0.1, 0.15) is 58.7 Å². The summed E-state index contributed by atoms with van der Waals surface area (Å²) in [6, 6.07) is 6.70. The van der Waals surface area contributed by atoms with Crippen molar-refractivity contribution in [1.29, 1.82) is 0 Å². The van der Waals surface area contributed by atoms with Crippen LogP contribution in [-0.4, -0.2) is 131 Å². The van der Waals surface area contributed by atoms with E-state index in [1.807, 2.05) is 0 Å². The highest BCUT2D eigenvalue weighted by Crippen LogP contribution is 2.49. The van der Waals surface area contributed by atoms with Gasteiger partial charge in [-0.25, -0.2) is 14.4 Å². The molecule has 5 unspecified atom stereocenters. The predicted molar refractivity (Wildman–Crippen MR) is 201 cm³/mol. The molecule has 23 heteroatoms. The molecule has 5 aromatic rings. The number of ether oxygens (including phenoxy) is 4. The summed E-state index contributed by atoms with van der Waals surface area (Å²) in [5.74, 6) is -20.4. The fourth-order valence-electron chi connectivity index (χ4n) is 6.32. The number of ketones is 1. The van der Waals surface area contributed by atoms with Gasteiger partial charge in [-0.1, -0.05) is 0 Å². The van der Waals surface area contributed by atoms with Crippen LogP contribution in [0.5, 0.6) is 80.5 Å². The number of phenols is 14. The number of rotatable bonds is 10. The first-order chi connectivity index (χ1) is 29.6. The van der Waals surface area contributed by atoms with Crippen molar-refractivity contribution in [2.24, 2.45) is 0 Å². The number of carbonyl (C=O) groups excluding carboxylic acids is 4. The molecule has 1 aliphatic heterocycles. The highest BCUT2D eigenvalue weighted by molar-refractivity contribution is 6.13. The summed E-state index contributed by atoms with van der Waals surface area (Å²) in [6.45, 7) is -1.13. The van der Waals surface area contributed by atoms with E-state index in [4.69, 9.17) is 18.9 Å². The fourth-order valence-corrected chi connectivity index (χ4v) is 6.32. The van der Waals surface area contributed by atoms with Crippen LogP contribution in [0.25, 0.3) is 0 Å². The van der Waals surface area contributed by atoms with Crippen LogP contribution < -0.4 is 0 Å². The molecule has 0 spiro atoms. The normalized spacial score (nSPS) is 18.3. The first-order valence-electron chi connectivity index (χ1n) is 17.6. The number of aromatic hydroxyl groups is 14. The Balaban J connectivity index is 1.51. The zero-order valence-electron chi connectivity index (χ0n) is 31.3.